The number of esters is 1. The van der Waals surface area contributed by atoms with E-state index < -0.39 is 54.3 Å². The Balaban J connectivity index is 3.34. The first-order valence-corrected chi connectivity index (χ1v) is 5.51. The zero-order chi connectivity index (χ0) is 16.2. The molecule has 0 saturated heterocycles. The molecule has 0 aliphatic carbocycles. The summed E-state index contributed by atoms with van der Waals surface area (Å²) in [5, 5.41) is 0. The second kappa shape index (κ2) is 6.66. The average Bonchev–Trinajstić information content (AvgIpc) is 2.37. The van der Waals surface area contributed by atoms with Crippen LogP contribution >= 0.6 is 0 Å². The highest BCUT2D eigenvalue weighted by Gasteiger charge is 2.34. The van der Waals surface area contributed by atoms with E-state index in [1.54, 1.807) is 0 Å². The second-order valence-electron chi connectivity index (χ2n) is 3.77. The maximum atomic E-state index is 13.1. The van der Waals surface area contributed by atoms with Gasteiger partial charge in [-0.1, -0.05) is 0 Å². The normalized spacial score (nSPS) is 11.6. The molecule has 0 amide bonds. The summed E-state index contributed by atoms with van der Waals surface area (Å²) in [6.45, 7) is -0.637. The number of aromatic nitrogens is 1. The van der Waals surface area contributed by atoms with Crippen LogP contribution < -0.4 is 10.5 Å². The van der Waals surface area contributed by atoms with Crippen LogP contribution in [-0.2, 0) is 22.5 Å². The molecule has 0 aliphatic rings. The molecule has 0 spiro atoms. The molecule has 5 nitrogen and oxygen atoms in total. The van der Waals surface area contributed by atoms with E-state index in [2.05, 4.69) is 14.5 Å². The molecule has 0 fully saturated rings. The molecule has 0 aromatic carbocycles. The van der Waals surface area contributed by atoms with Crippen molar-refractivity contribution in [3.8, 4) is 5.75 Å². The summed E-state index contributed by atoms with van der Waals surface area (Å²) in [5.41, 5.74) is 3.39. The van der Waals surface area contributed by atoms with Crippen LogP contribution in [0.25, 0.3) is 0 Å². The largest absolute Gasteiger partial charge is 0.573 e. The van der Waals surface area contributed by atoms with Gasteiger partial charge >= 0.3 is 12.3 Å². The SMILES string of the molecule is COC(=O)Cc1ncc(OC(F)(F)F)c(CN)c1C(F)F. The molecule has 1 heterocycles. The molecular weight excluding hydrogens is 303 g/mol. The predicted octanol–water partition coefficient (Wildman–Crippen LogP) is 2.09. The fourth-order valence-electron chi connectivity index (χ4n) is 1.62. The number of alkyl halides is 5. The van der Waals surface area contributed by atoms with Crippen molar-refractivity contribution in [2.24, 2.45) is 5.73 Å². The minimum Gasteiger partial charge on any atom is -0.469 e. The van der Waals surface area contributed by atoms with Gasteiger partial charge in [0.1, 0.15) is 0 Å². The van der Waals surface area contributed by atoms with Crippen LogP contribution in [0.5, 0.6) is 5.75 Å². The maximum Gasteiger partial charge on any atom is 0.573 e. The monoisotopic (exact) mass is 314 g/mol. The van der Waals surface area contributed by atoms with Crippen LogP contribution in [-0.4, -0.2) is 24.4 Å². The van der Waals surface area contributed by atoms with Gasteiger partial charge in [0.2, 0.25) is 0 Å². The zero-order valence-electron chi connectivity index (χ0n) is 10.7. The molecule has 0 unspecified atom stereocenters. The first kappa shape index (κ1) is 17.1. The van der Waals surface area contributed by atoms with Crippen molar-refractivity contribution in [1.82, 2.24) is 4.98 Å². The minimum atomic E-state index is -5.07. The van der Waals surface area contributed by atoms with Crippen LogP contribution in [0.15, 0.2) is 6.20 Å². The van der Waals surface area contributed by atoms with Crippen molar-refractivity contribution in [1.29, 1.82) is 0 Å². The summed E-state index contributed by atoms with van der Waals surface area (Å²) < 4.78 is 70.6. The molecule has 0 saturated carbocycles. The average molecular weight is 314 g/mol. The highest BCUT2D eigenvalue weighted by atomic mass is 19.4. The van der Waals surface area contributed by atoms with Crippen LogP contribution in [0.3, 0.4) is 0 Å². The van der Waals surface area contributed by atoms with Gasteiger partial charge in [-0.25, -0.2) is 8.78 Å². The lowest BCUT2D eigenvalue weighted by molar-refractivity contribution is -0.275. The molecule has 2 N–H and O–H groups in total. The van der Waals surface area contributed by atoms with Crippen molar-refractivity contribution >= 4 is 5.97 Å². The van der Waals surface area contributed by atoms with Gasteiger partial charge in [0.05, 0.1) is 25.4 Å². The summed E-state index contributed by atoms with van der Waals surface area (Å²) in [5.74, 6) is -1.79. The molecular formula is C11H11F5N2O3. The lowest BCUT2D eigenvalue weighted by atomic mass is 10.0. The van der Waals surface area contributed by atoms with E-state index in [1.165, 1.54) is 0 Å². The van der Waals surface area contributed by atoms with Gasteiger partial charge in [-0.15, -0.1) is 13.2 Å². The minimum absolute atomic E-state index is 0.410. The Hall–Kier alpha value is -1.97. The number of ether oxygens (including phenoxy) is 2. The van der Waals surface area contributed by atoms with Crippen molar-refractivity contribution in [3.63, 3.8) is 0 Å². The lowest BCUT2D eigenvalue weighted by Gasteiger charge is -2.17. The number of rotatable bonds is 5. The Labute approximate surface area is 115 Å². The van der Waals surface area contributed by atoms with Gasteiger partial charge in [0.15, 0.2) is 5.75 Å². The number of hydrogen-bond acceptors (Lipinski definition) is 5. The van der Waals surface area contributed by atoms with Gasteiger partial charge in [-0.05, 0) is 0 Å². The maximum absolute atomic E-state index is 13.1. The molecule has 1 rings (SSSR count). The zero-order valence-corrected chi connectivity index (χ0v) is 10.7. The number of carbonyl (C=O) groups is 1. The summed E-state index contributed by atoms with van der Waals surface area (Å²) in [7, 11) is 1.04. The van der Waals surface area contributed by atoms with E-state index in [-0.39, 0.29) is 0 Å². The van der Waals surface area contributed by atoms with Crippen molar-refractivity contribution < 1.29 is 36.2 Å². The molecule has 21 heavy (non-hydrogen) atoms. The number of hydrogen-bond donors (Lipinski definition) is 1. The Morgan fingerprint density at radius 2 is 2.05 bits per heavy atom. The van der Waals surface area contributed by atoms with E-state index in [1.807, 2.05) is 0 Å². The Morgan fingerprint density at radius 3 is 2.48 bits per heavy atom. The number of methoxy groups -OCH3 is 1. The topological polar surface area (TPSA) is 74.4 Å². The highest BCUT2D eigenvalue weighted by molar-refractivity contribution is 5.72. The smallest absolute Gasteiger partial charge is 0.469 e. The third-order valence-electron chi connectivity index (χ3n) is 2.46. The molecule has 1 aromatic heterocycles. The number of pyridine rings is 1. The Morgan fingerprint density at radius 1 is 1.43 bits per heavy atom. The van der Waals surface area contributed by atoms with E-state index in [4.69, 9.17) is 5.73 Å². The van der Waals surface area contributed by atoms with E-state index in [9.17, 15) is 26.7 Å². The summed E-state index contributed by atoms with van der Waals surface area (Å²) in [6, 6.07) is 0. The highest BCUT2D eigenvalue weighted by Crippen LogP contribution is 2.34. The van der Waals surface area contributed by atoms with Gasteiger partial charge in [-0.3, -0.25) is 9.78 Å². The fourth-order valence-corrected chi connectivity index (χ4v) is 1.62. The van der Waals surface area contributed by atoms with E-state index in [0.717, 1.165) is 7.11 Å². The van der Waals surface area contributed by atoms with E-state index in [0.29, 0.717) is 6.20 Å². The van der Waals surface area contributed by atoms with Crippen molar-refractivity contribution in [2.75, 3.05) is 7.11 Å². The van der Waals surface area contributed by atoms with Gasteiger partial charge in [0, 0.05) is 17.7 Å². The van der Waals surface area contributed by atoms with Gasteiger partial charge < -0.3 is 15.2 Å². The van der Waals surface area contributed by atoms with Gasteiger partial charge in [0.25, 0.3) is 6.43 Å². The summed E-state index contributed by atoms with van der Waals surface area (Å²) in [6.07, 6.45) is -8.27. The fraction of sp³-hybridized carbons (Fsp3) is 0.455. The predicted molar refractivity (Wildman–Crippen MR) is 59.5 cm³/mol. The summed E-state index contributed by atoms with van der Waals surface area (Å²) in [4.78, 5) is 14.5. The molecule has 0 aliphatic heterocycles. The lowest BCUT2D eigenvalue weighted by Crippen LogP contribution is -2.21. The quantitative estimate of drug-likeness (QED) is 0.665. The molecule has 0 bridgehead atoms. The van der Waals surface area contributed by atoms with E-state index >= 15 is 0 Å². The first-order chi connectivity index (χ1) is 9.69. The summed E-state index contributed by atoms with van der Waals surface area (Å²) >= 11 is 0. The van der Waals surface area contributed by atoms with Crippen molar-refractivity contribution in [3.05, 3.63) is 23.0 Å². The van der Waals surface area contributed by atoms with Crippen molar-refractivity contribution in [2.45, 2.75) is 25.8 Å². The third-order valence-corrected chi connectivity index (χ3v) is 2.46. The second-order valence-corrected chi connectivity index (χ2v) is 3.77. The van der Waals surface area contributed by atoms with Crippen LogP contribution in [0, 0.1) is 0 Å². The van der Waals surface area contributed by atoms with Gasteiger partial charge in [-0.2, -0.15) is 0 Å². The Kier molecular flexibility index (Phi) is 5.41. The number of halogens is 5. The van der Waals surface area contributed by atoms with Crippen LogP contribution in [0.4, 0.5) is 22.0 Å². The molecule has 0 radical (unpaired) electrons. The Bertz CT molecular complexity index is 519. The van der Waals surface area contributed by atoms with Crippen LogP contribution in [0.1, 0.15) is 23.2 Å². The molecule has 0 atom stereocenters. The molecule has 1 aromatic rings. The third kappa shape index (κ3) is 4.52. The number of nitrogens with two attached hydrogens (primary N) is 1. The van der Waals surface area contributed by atoms with Crippen LogP contribution in [0.2, 0.25) is 0 Å². The first-order valence-electron chi connectivity index (χ1n) is 5.51. The number of nitrogens with zero attached hydrogens (tertiary/aromatic N) is 1. The number of carbonyl (C=O) groups excluding carboxylic acids is 1. The molecule has 118 valence electrons. The molecule has 10 heteroatoms. The standard InChI is InChI=1S/C11H11F5N2O3/c1-20-8(19)2-6-9(10(12)13)5(3-17)7(4-18-6)21-11(14,15)16/h4,10H,2-3,17H2,1H3.